The Hall–Kier alpha value is -2.21. The van der Waals surface area contributed by atoms with Crippen LogP contribution in [0, 0.1) is 6.92 Å². The van der Waals surface area contributed by atoms with E-state index in [4.69, 9.17) is 4.74 Å². The predicted octanol–water partition coefficient (Wildman–Crippen LogP) is 2.12. The van der Waals surface area contributed by atoms with Gasteiger partial charge in [-0.15, -0.1) is 0 Å². The smallest absolute Gasteiger partial charge is 0.261 e. The first-order valence-electron chi connectivity index (χ1n) is 8.94. The molecule has 6 heteroatoms. The van der Waals surface area contributed by atoms with Gasteiger partial charge >= 0.3 is 0 Å². The molecule has 25 heavy (non-hydrogen) atoms. The Kier molecular flexibility index (Phi) is 5.48. The van der Waals surface area contributed by atoms with Gasteiger partial charge in [-0.05, 0) is 38.3 Å². The molecule has 6 nitrogen and oxygen atoms in total. The second-order valence-corrected chi connectivity index (χ2v) is 6.52. The van der Waals surface area contributed by atoms with Crippen LogP contribution in [0.1, 0.15) is 31.7 Å². The minimum Gasteiger partial charge on any atom is -0.377 e. The van der Waals surface area contributed by atoms with Crippen molar-refractivity contribution in [3.05, 3.63) is 40.4 Å². The van der Waals surface area contributed by atoms with Gasteiger partial charge in [0.1, 0.15) is 0 Å². The molecule has 1 aliphatic rings. The van der Waals surface area contributed by atoms with E-state index in [2.05, 4.69) is 4.98 Å². The molecular formula is C19H25N3O3. The van der Waals surface area contributed by atoms with Crippen LogP contribution in [0.15, 0.2) is 29.3 Å². The molecule has 134 valence electrons. The lowest BCUT2D eigenvalue weighted by Crippen LogP contribution is -2.43. The predicted molar refractivity (Wildman–Crippen MR) is 96.6 cm³/mol. The van der Waals surface area contributed by atoms with Crippen molar-refractivity contribution in [3.8, 4) is 0 Å². The first-order chi connectivity index (χ1) is 12.1. The van der Waals surface area contributed by atoms with E-state index in [1.807, 2.05) is 30.9 Å². The summed E-state index contributed by atoms with van der Waals surface area (Å²) in [6, 6.07) is 5.58. The van der Waals surface area contributed by atoms with Gasteiger partial charge < -0.3 is 9.64 Å². The number of rotatable bonds is 5. The van der Waals surface area contributed by atoms with E-state index in [-0.39, 0.29) is 17.6 Å². The highest BCUT2D eigenvalue weighted by Crippen LogP contribution is 2.15. The Morgan fingerprint density at radius 2 is 2.24 bits per heavy atom. The number of aromatic nitrogens is 2. The fourth-order valence-corrected chi connectivity index (χ4v) is 3.41. The van der Waals surface area contributed by atoms with Crippen LogP contribution < -0.4 is 5.56 Å². The van der Waals surface area contributed by atoms with Gasteiger partial charge in [-0.25, -0.2) is 4.98 Å². The van der Waals surface area contributed by atoms with Crippen molar-refractivity contribution in [1.29, 1.82) is 0 Å². The van der Waals surface area contributed by atoms with E-state index in [0.29, 0.717) is 31.5 Å². The van der Waals surface area contributed by atoms with Crippen molar-refractivity contribution in [3.63, 3.8) is 0 Å². The number of likely N-dealkylation sites (tertiary alicyclic amines) is 1. The summed E-state index contributed by atoms with van der Waals surface area (Å²) in [6.07, 6.45) is 3.95. The standard InChI is InChI=1S/C19H25N3O3/c1-3-25-15-7-5-10-21(12-15)17(23)9-11-22-13-20-18-14(2)6-4-8-16(18)19(22)24/h4,6,8,13,15H,3,5,7,9-12H2,1-2H3/t15-/m0/s1. The van der Waals surface area contributed by atoms with Crippen LogP contribution in [0.3, 0.4) is 0 Å². The highest BCUT2D eigenvalue weighted by molar-refractivity contribution is 5.80. The van der Waals surface area contributed by atoms with Gasteiger partial charge in [-0.2, -0.15) is 0 Å². The third-order valence-corrected chi connectivity index (χ3v) is 4.76. The zero-order valence-electron chi connectivity index (χ0n) is 14.9. The Morgan fingerprint density at radius 3 is 3.04 bits per heavy atom. The van der Waals surface area contributed by atoms with Crippen molar-refractivity contribution in [1.82, 2.24) is 14.5 Å². The highest BCUT2D eigenvalue weighted by Gasteiger charge is 2.23. The number of para-hydroxylation sites is 1. The van der Waals surface area contributed by atoms with Crippen LogP contribution in [-0.2, 0) is 16.1 Å². The number of fused-ring (bicyclic) bond motifs is 1. The van der Waals surface area contributed by atoms with Crippen LogP contribution in [0.5, 0.6) is 0 Å². The van der Waals surface area contributed by atoms with Gasteiger partial charge in [0.15, 0.2) is 0 Å². The molecule has 3 rings (SSSR count). The number of hydrogen-bond acceptors (Lipinski definition) is 4. The number of benzene rings is 1. The quantitative estimate of drug-likeness (QED) is 0.834. The van der Waals surface area contributed by atoms with Gasteiger partial charge in [0.05, 0.1) is 23.3 Å². The average molecular weight is 343 g/mol. The summed E-state index contributed by atoms with van der Waals surface area (Å²) in [4.78, 5) is 31.3. The summed E-state index contributed by atoms with van der Waals surface area (Å²) in [7, 11) is 0. The van der Waals surface area contributed by atoms with E-state index >= 15 is 0 Å². The van der Waals surface area contributed by atoms with Crippen LogP contribution in [0.4, 0.5) is 0 Å². The summed E-state index contributed by atoms with van der Waals surface area (Å²) >= 11 is 0. The van der Waals surface area contributed by atoms with Crippen molar-refractivity contribution in [2.24, 2.45) is 0 Å². The topological polar surface area (TPSA) is 64.4 Å². The minimum absolute atomic E-state index is 0.0700. The highest BCUT2D eigenvalue weighted by atomic mass is 16.5. The number of piperidine rings is 1. The van der Waals surface area contributed by atoms with Gasteiger partial charge in [0.2, 0.25) is 5.91 Å². The monoisotopic (exact) mass is 343 g/mol. The molecule has 1 aromatic heterocycles. The van der Waals surface area contributed by atoms with Crippen LogP contribution >= 0.6 is 0 Å². The lowest BCUT2D eigenvalue weighted by Gasteiger charge is -2.32. The number of carbonyl (C=O) groups excluding carboxylic acids is 1. The van der Waals surface area contributed by atoms with Crippen molar-refractivity contribution in [2.75, 3.05) is 19.7 Å². The summed E-state index contributed by atoms with van der Waals surface area (Å²) in [5.41, 5.74) is 1.62. The molecule has 0 N–H and O–H groups in total. The molecule has 0 saturated carbocycles. The minimum atomic E-state index is -0.0904. The largest absolute Gasteiger partial charge is 0.377 e. The van der Waals surface area contributed by atoms with E-state index < -0.39 is 0 Å². The molecule has 2 heterocycles. The second-order valence-electron chi connectivity index (χ2n) is 6.52. The first-order valence-corrected chi connectivity index (χ1v) is 8.94. The number of nitrogens with zero attached hydrogens (tertiary/aromatic N) is 3. The molecule has 0 bridgehead atoms. The molecule has 0 radical (unpaired) electrons. The third-order valence-electron chi connectivity index (χ3n) is 4.76. The van der Waals surface area contributed by atoms with E-state index in [9.17, 15) is 9.59 Å². The summed E-state index contributed by atoms with van der Waals surface area (Å²) < 4.78 is 7.18. The van der Waals surface area contributed by atoms with Crippen molar-refractivity contribution in [2.45, 2.75) is 45.8 Å². The summed E-state index contributed by atoms with van der Waals surface area (Å²) in [6.45, 7) is 6.35. The molecule has 0 spiro atoms. The third kappa shape index (κ3) is 3.90. The zero-order valence-corrected chi connectivity index (χ0v) is 14.9. The second kappa shape index (κ2) is 7.78. The number of hydrogen-bond donors (Lipinski definition) is 0. The fraction of sp³-hybridized carbons (Fsp3) is 0.526. The Balaban J connectivity index is 1.67. The van der Waals surface area contributed by atoms with Gasteiger partial charge in [-0.3, -0.25) is 14.2 Å². The van der Waals surface area contributed by atoms with Crippen molar-refractivity contribution >= 4 is 16.8 Å². The number of carbonyl (C=O) groups is 1. The van der Waals surface area contributed by atoms with Gasteiger partial charge in [0, 0.05) is 32.7 Å². The molecule has 1 fully saturated rings. The first kappa shape index (κ1) is 17.6. The maximum atomic E-state index is 12.6. The van der Waals surface area contributed by atoms with Gasteiger partial charge in [0.25, 0.3) is 5.56 Å². The Bertz CT molecular complexity index is 813. The zero-order chi connectivity index (χ0) is 17.8. The average Bonchev–Trinajstić information content (AvgIpc) is 2.62. The summed E-state index contributed by atoms with van der Waals surface area (Å²) in [5, 5.41) is 0.601. The molecule has 1 aliphatic heterocycles. The van der Waals surface area contributed by atoms with Gasteiger partial charge in [-0.1, -0.05) is 12.1 Å². The van der Waals surface area contributed by atoms with E-state index in [1.54, 1.807) is 12.4 Å². The number of amides is 1. The van der Waals surface area contributed by atoms with Crippen LogP contribution in [0.25, 0.3) is 10.9 Å². The SMILES string of the molecule is CCO[C@H]1CCCN(C(=O)CCn2cnc3c(C)cccc3c2=O)C1. The molecule has 1 atom stereocenters. The Labute approximate surface area is 147 Å². The summed E-state index contributed by atoms with van der Waals surface area (Å²) in [5.74, 6) is 0.0700. The maximum absolute atomic E-state index is 12.6. The molecule has 1 saturated heterocycles. The lowest BCUT2D eigenvalue weighted by molar-refractivity contribution is -0.135. The number of aryl methyl sites for hydroxylation is 2. The van der Waals surface area contributed by atoms with E-state index in [0.717, 1.165) is 30.5 Å². The van der Waals surface area contributed by atoms with Crippen molar-refractivity contribution < 1.29 is 9.53 Å². The van der Waals surface area contributed by atoms with E-state index in [1.165, 1.54) is 4.57 Å². The Morgan fingerprint density at radius 1 is 1.40 bits per heavy atom. The molecule has 0 unspecified atom stereocenters. The molecule has 0 aliphatic carbocycles. The maximum Gasteiger partial charge on any atom is 0.261 e. The normalized spacial score (nSPS) is 17.8. The van der Waals surface area contributed by atoms with Crippen LogP contribution in [-0.4, -0.2) is 46.2 Å². The fourth-order valence-electron chi connectivity index (χ4n) is 3.41. The molecule has 2 aromatic rings. The molecule has 1 aromatic carbocycles. The molecular weight excluding hydrogens is 318 g/mol. The lowest BCUT2D eigenvalue weighted by atomic mass is 10.1. The van der Waals surface area contributed by atoms with Crippen LogP contribution in [0.2, 0.25) is 0 Å². The number of ether oxygens (including phenoxy) is 1. The molecule has 1 amide bonds.